The van der Waals surface area contributed by atoms with Gasteiger partial charge in [-0.25, -0.2) is 0 Å². The van der Waals surface area contributed by atoms with E-state index in [2.05, 4.69) is 17.2 Å². The molecule has 0 saturated carbocycles. The molecule has 0 bridgehead atoms. The van der Waals surface area contributed by atoms with Gasteiger partial charge in [0.1, 0.15) is 0 Å². The van der Waals surface area contributed by atoms with Crippen molar-refractivity contribution in [1.29, 1.82) is 0 Å². The Hall–Kier alpha value is -2.09. The predicted octanol–water partition coefficient (Wildman–Crippen LogP) is 2.24. The fraction of sp³-hybridized carbons (Fsp3) is 0.133. The van der Waals surface area contributed by atoms with Crippen molar-refractivity contribution in [3.05, 3.63) is 52.2 Å². The van der Waals surface area contributed by atoms with Gasteiger partial charge in [-0.3, -0.25) is 4.79 Å². The first-order valence-corrected chi connectivity index (χ1v) is 6.77. The summed E-state index contributed by atoms with van der Waals surface area (Å²) in [7, 11) is 0. The number of nitrogens with one attached hydrogen (secondary N) is 1. The second-order valence-corrected chi connectivity index (χ2v) is 4.92. The van der Waals surface area contributed by atoms with Crippen LogP contribution in [0.25, 0.3) is 0 Å². The van der Waals surface area contributed by atoms with Gasteiger partial charge in [-0.1, -0.05) is 24.0 Å². The topological polar surface area (TPSA) is 55.1 Å². The van der Waals surface area contributed by atoms with Gasteiger partial charge in [0.05, 0.1) is 13.0 Å². The van der Waals surface area contributed by atoms with Crippen molar-refractivity contribution in [2.24, 2.45) is 5.73 Å². The van der Waals surface area contributed by atoms with Crippen molar-refractivity contribution in [3.8, 4) is 11.8 Å². The van der Waals surface area contributed by atoms with Gasteiger partial charge in [-0.05, 0) is 29.6 Å². The molecule has 1 aromatic carbocycles. The lowest BCUT2D eigenvalue weighted by atomic mass is 10.2. The molecule has 4 heteroatoms. The second kappa shape index (κ2) is 6.74. The predicted molar refractivity (Wildman–Crippen MR) is 79.0 cm³/mol. The summed E-state index contributed by atoms with van der Waals surface area (Å²) < 4.78 is 0. The largest absolute Gasteiger partial charge is 0.326 e. The molecule has 0 unspecified atom stereocenters. The van der Waals surface area contributed by atoms with Crippen molar-refractivity contribution in [2.45, 2.75) is 6.42 Å². The summed E-state index contributed by atoms with van der Waals surface area (Å²) in [5, 5.41) is 4.83. The molecule has 2 rings (SSSR count). The first kappa shape index (κ1) is 13.3. The molecule has 1 amide bonds. The summed E-state index contributed by atoms with van der Waals surface area (Å²) in [5.74, 6) is 5.71. The number of thiophene rings is 1. The number of hydrogen-bond acceptors (Lipinski definition) is 3. The fourth-order valence-corrected chi connectivity index (χ4v) is 2.31. The minimum Gasteiger partial charge on any atom is -0.326 e. The molecule has 0 saturated heterocycles. The molecule has 3 nitrogen and oxygen atoms in total. The van der Waals surface area contributed by atoms with E-state index in [0.717, 1.165) is 16.1 Å². The molecule has 96 valence electrons. The number of rotatable bonds is 3. The average molecular weight is 270 g/mol. The van der Waals surface area contributed by atoms with Crippen LogP contribution in [0.1, 0.15) is 10.4 Å². The monoisotopic (exact) mass is 270 g/mol. The van der Waals surface area contributed by atoms with E-state index in [4.69, 9.17) is 5.73 Å². The highest BCUT2D eigenvalue weighted by molar-refractivity contribution is 7.10. The molecule has 2 aromatic rings. The minimum absolute atomic E-state index is 0.0219. The molecule has 19 heavy (non-hydrogen) atoms. The Balaban J connectivity index is 2.00. The molecule has 0 fully saturated rings. The third-order valence-electron chi connectivity index (χ3n) is 2.40. The van der Waals surface area contributed by atoms with E-state index < -0.39 is 0 Å². The van der Waals surface area contributed by atoms with Gasteiger partial charge in [0.25, 0.3) is 0 Å². The van der Waals surface area contributed by atoms with E-state index in [9.17, 15) is 4.79 Å². The van der Waals surface area contributed by atoms with Crippen molar-refractivity contribution in [3.63, 3.8) is 0 Å². The molecule has 0 aliphatic carbocycles. The van der Waals surface area contributed by atoms with E-state index in [1.807, 2.05) is 41.8 Å². The van der Waals surface area contributed by atoms with Gasteiger partial charge < -0.3 is 11.1 Å². The summed E-state index contributed by atoms with van der Waals surface area (Å²) in [4.78, 5) is 12.9. The summed E-state index contributed by atoms with van der Waals surface area (Å²) in [6.45, 7) is 0.328. The number of benzene rings is 1. The molecule has 0 aliphatic rings. The molecular weight excluding hydrogens is 256 g/mol. The molecule has 3 N–H and O–H groups in total. The third-order valence-corrected chi connectivity index (χ3v) is 3.27. The first-order valence-electron chi connectivity index (χ1n) is 5.89. The van der Waals surface area contributed by atoms with Gasteiger partial charge >= 0.3 is 0 Å². The van der Waals surface area contributed by atoms with Crippen LogP contribution < -0.4 is 11.1 Å². The third kappa shape index (κ3) is 4.25. The highest BCUT2D eigenvalue weighted by Gasteiger charge is 2.04. The molecule has 0 spiro atoms. The zero-order valence-corrected chi connectivity index (χ0v) is 11.2. The number of nitrogens with two attached hydrogens (primary N) is 1. The zero-order chi connectivity index (χ0) is 13.5. The van der Waals surface area contributed by atoms with Crippen LogP contribution in [-0.2, 0) is 11.2 Å². The molecular formula is C15H14N2OS. The number of carbonyl (C=O) groups excluding carboxylic acids is 1. The lowest BCUT2D eigenvalue weighted by Gasteiger charge is -2.04. The summed E-state index contributed by atoms with van der Waals surface area (Å²) in [6.07, 6.45) is 0.399. The Bertz CT molecular complexity index is 609. The van der Waals surface area contributed by atoms with Gasteiger partial charge in [-0.2, -0.15) is 0 Å². The Morgan fingerprint density at radius 3 is 2.95 bits per heavy atom. The molecule has 0 radical (unpaired) electrons. The normalized spacial score (nSPS) is 9.53. The summed E-state index contributed by atoms with van der Waals surface area (Å²) in [5.41, 5.74) is 6.93. The Labute approximate surface area is 116 Å². The smallest absolute Gasteiger partial charge is 0.229 e. The van der Waals surface area contributed by atoms with Crippen LogP contribution in [-0.4, -0.2) is 12.5 Å². The van der Waals surface area contributed by atoms with Gasteiger partial charge in [-0.15, -0.1) is 11.3 Å². The highest BCUT2D eigenvalue weighted by Crippen LogP contribution is 2.13. The van der Waals surface area contributed by atoms with Crippen molar-refractivity contribution >= 4 is 22.9 Å². The quantitative estimate of drug-likeness (QED) is 0.840. The number of anilines is 1. The Kier molecular flexibility index (Phi) is 4.73. The number of amides is 1. The van der Waals surface area contributed by atoms with Crippen LogP contribution in [0.3, 0.4) is 0 Å². The van der Waals surface area contributed by atoms with Crippen LogP contribution in [0.4, 0.5) is 5.69 Å². The van der Waals surface area contributed by atoms with Crippen molar-refractivity contribution < 1.29 is 4.79 Å². The van der Waals surface area contributed by atoms with Crippen LogP contribution in [0, 0.1) is 11.8 Å². The standard InChI is InChI=1S/C15H14N2OS/c16-8-2-5-12-4-1-6-13(10-12)17-15(18)11-14-7-3-9-19-14/h1,3-4,6-7,9-10H,8,11,16H2,(H,17,18). The molecule has 0 atom stereocenters. The van der Waals surface area contributed by atoms with Crippen LogP contribution in [0.2, 0.25) is 0 Å². The van der Waals surface area contributed by atoms with E-state index >= 15 is 0 Å². The lowest BCUT2D eigenvalue weighted by Crippen LogP contribution is -2.13. The Morgan fingerprint density at radius 2 is 2.21 bits per heavy atom. The van der Waals surface area contributed by atoms with Gasteiger partial charge in [0, 0.05) is 16.1 Å². The molecule has 1 heterocycles. The van der Waals surface area contributed by atoms with Crippen molar-refractivity contribution in [1.82, 2.24) is 0 Å². The fourth-order valence-electron chi connectivity index (χ4n) is 1.60. The Morgan fingerprint density at radius 1 is 1.32 bits per heavy atom. The van der Waals surface area contributed by atoms with Crippen LogP contribution >= 0.6 is 11.3 Å². The highest BCUT2D eigenvalue weighted by atomic mass is 32.1. The lowest BCUT2D eigenvalue weighted by molar-refractivity contribution is -0.115. The number of hydrogen-bond donors (Lipinski definition) is 2. The van der Waals surface area contributed by atoms with Gasteiger partial charge in [0.2, 0.25) is 5.91 Å². The molecule has 0 aliphatic heterocycles. The van der Waals surface area contributed by atoms with E-state index in [1.54, 1.807) is 11.3 Å². The van der Waals surface area contributed by atoms with Crippen molar-refractivity contribution in [2.75, 3.05) is 11.9 Å². The zero-order valence-electron chi connectivity index (χ0n) is 10.3. The van der Waals surface area contributed by atoms with E-state index in [1.165, 1.54) is 0 Å². The van der Waals surface area contributed by atoms with Crippen LogP contribution in [0.15, 0.2) is 41.8 Å². The summed E-state index contributed by atoms with van der Waals surface area (Å²) in [6, 6.07) is 11.3. The van der Waals surface area contributed by atoms with E-state index in [-0.39, 0.29) is 5.91 Å². The second-order valence-electron chi connectivity index (χ2n) is 3.89. The maximum absolute atomic E-state index is 11.8. The first-order chi connectivity index (χ1) is 9.28. The SMILES string of the molecule is NCC#Cc1cccc(NC(=O)Cc2cccs2)c1. The molecule has 1 aromatic heterocycles. The maximum atomic E-state index is 11.8. The van der Waals surface area contributed by atoms with Gasteiger partial charge in [0.15, 0.2) is 0 Å². The maximum Gasteiger partial charge on any atom is 0.229 e. The minimum atomic E-state index is -0.0219. The average Bonchev–Trinajstić information content (AvgIpc) is 2.89. The van der Waals surface area contributed by atoms with Crippen LogP contribution in [0.5, 0.6) is 0 Å². The number of carbonyl (C=O) groups is 1. The van der Waals surface area contributed by atoms with E-state index in [0.29, 0.717) is 13.0 Å². The summed E-state index contributed by atoms with van der Waals surface area (Å²) >= 11 is 1.58.